The number of hydrogen-bond donors (Lipinski definition) is 0. The van der Waals surface area contributed by atoms with Crippen LogP contribution in [0.3, 0.4) is 0 Å². The Morgan fingerprint density at radius 3 is 2.50 bits per heavy atom. The van der Waals surface area contributed by atoms with Crippen LogP contribution in [0, 0.1) is 6.92 Å². The Hall–Kier alpha value is -0.940. The highest BCUT2D eigenvalue weighted by molar-refractivity contribution is 7.12. The van der Waals surface area contributed by atoms with E-state index in [1.54, 1.807) is 0 Å². The van der Waals surface area contributed by atoms with Crippen molar-refractivity contribution < 1.29 is 0 Å². The number of rotatable bonds is 3. The van der Waals surface area contributed by atoms with Gasteiger partial charge in [-0.05, 0) is 19.1 Å². The van der Waals surface area contributed by atoms with Crippen LogP contribution in [0.1, 0.15) is 36.3 Å². The van der Waals surface area contributed by atoms with Crippen molar-refractivity contribution in [3.63, 3.8) is 0 Å². The minimum atomic E-state index is 0.0229. The number of aryl methyl sites for hydroxylation is 1. The lowest BCUT2D eigenvalue weighted by molar-refractivity contribution is 0.554. The molecule has 0 fully saturated rings. The lowest BCUT2D eigenvalue weighted by Gasteiger charge is -2.15. The third-order valence-electron chi connectivity index (χ3n) is 2.60. The molecule has 0 unspecified atom stereocenters. The molecule has 0 bridgehead atoms. The van der Waals surface area contributed by atoms with E-state index >= 15 is 0 Å². The predicted molar refractivity (Wildman–Crippen MR) is 79.8 cm³/mol. The molecule has 0 amide bonds. The van der Waals surface area contributed by atoms with Crippen LogP contribution in [-0.4, -0.2) is 16.4 Å². The summed E-state index contributed by atoms with van der Waals surface area (Å²) in [6.07, 6.45) is 0. The average Bonchev–Trinajstić information content (AvgIpc) is 2.85. The van der Waals surface area contributed by atoms with Gasteiger partial charge in [-0.2, -0.15) is 4.37 Å². The van der Waals surface area contributed by atoms with Gasteiger partial charge in [0.2, 0.25) is 5.13 Å². The van der Waals surface area contributed by atoms with Gasteiger partial charge >= 0.3 is 0 Å². The molecule has 0 spiro atoms. The SMILES string of the molecule is Cc1ccc(CN(C)c2nc(C(C)(C)C)ns2)s1. The van der Waals surface area contributed by atoms with Crippen molar-refractivity contribution in [2.24, 2.45) is 0 Å². The summed E-state index contributed by atoms with van der Waals surface area (Å²) in [6, 6.07) is 4.34. The Morgan fingerprint density at radius 2 is 2.00 bits per heavy atom. The van der Waals surface area contributed by atoms with E-state index in [9.17, 15) is 0 Å². The van der Waals surface area contributed by atoms with Crippen LogP contribution in [-0.2, 0) is 12.0 Å². The van der Waals surface area contributed by atoms with E-state index in [2.05, 4.69) is 61.1 Å². The molecule has 18 heavy (non-hydrogen) atoms. The van der Waals surface area contributed by atoms with Gasteiger partial charge in [0.25, 0.3) is 0 Å². The summed E-state index contributed by atoms with van der Waals surface area (Å²) < 4.78 is 4.45. The van der Waals surface area contributed by atoms with Crippen molar-refractivity contribution >= 4 is 28.0 Å². The number of anilines is 1. The predicted octanol–water partition coefficient (Wildman–Crippen LogP) is 3.84. The van der Waals surface area contributed by atoms with Gasteiger partial charge in [0.05, 0.1) is 6.54 Å². The van der Waals surface area contributed by atoms with Crippen molar-refractivity contribution in [3.8, 4) is 0 Å². The molecule has 98 valence electrons. The molecular weight excluding hydrogens is 262 g/mol. The zero-order valence-corrected chi connectivity index (χ0v) is 13.2. The summed E-state index contributed by atoms with van der Waals surface area (Å²) in [7, 11) is 2.07. The molecule has 0 aromatic carbocycles. The Morgan fingerprint density at radius 1 is 1.28 bits per heavy atom. The van der Waals surface area contributed by atoms with Crippen LogP contribution in [0.25, 0.3) is 0 Å². The molecule has 0 atom stereocenters. The van der Waals surface area contributed by atoms with Gasteiger partial charge in [-0.15, -0.1) is 11.3 Å². The van der Waals surface area contributed by atoms with Crippen LogP contribution in [0.5, 0.6) is 0 Å². The second kappa shape index (κ2) is 4.97. The Balaban J connectivity index is 2.09. The molecule has 2 heterocycles. The van der Waals surface area contributed by atoms with E-state index in [4.69, 9.17) is 0 Å². The lowest BCUT2D eigenvalue weighted by Crippen LogP contribution is -2.17. The molecule has 2 aromatic rings. The topological polar surface area (TPSA) is 29.0 Å². The Bertz CT molecular complexity index is 522. The van der Waals surface area contributed by atoms with Crippen molar-refractivity contribution in [3.05, 3.63) is 27.7 Å². The Kier molecular flexibility index (Phi) is 3.73. The maximum absolute atomic E-state index is 4.62. The van der Waals surface area contributed by atoms with E-state index < -0.39 is 0 Å². The zero-order chi connectivity index (χ0) is 13.3. The lowest BCUT2D eigenvalue weighted by atomic mass is 9.96. The summed E-state index contributed by atoms with van der Waals surface area (Å²) >= 11 is 3.32. The zero-order valence-electron chi connectivity index (χ0n) is 11.5. The molecule has 0 aliphatic carbocycles. The summed E-state index contributed by atoms with van der Waals surface area (Å²) in [5, 5.41) is 0.992. The van der Waals surface area contributed by atoms with E-state index in [0.29, 0.717) is 0 Å². The number of nitrogens with zero attached hydrogens (tertiary/aromatic N) is 3. The van der Waals surface area contributed by atoms with Gasteiger partial charge < -0.3 is 4.90 Å². The molecule has 2 rings (SSSR count). The fourth-order valence-corrected chi connectivity index (χ4v) is 3.30. The van der Waals surface area contributed by atoms with Crippen molar-refractivity contribution in [1.82, 2.24) is 9.36 Å². The monoisotopic (exact) mass is 281 g/mol. The highest BCUT2D eigenvalue weighted by atomic mass is 32.1. The fourth-order valence-electron chi connectivity index (χ4n) is 1.55. The molecule has 3 nitrogen and oxygen atoms in total. The Labute approximate surface area is 117 Å². The third kappa shape index (κ3) is 3.09. The van der Waals surface area contributed by atoms with Gasteiger partial charge in [0.15, 0.2) is 0 Å². The van der Waals surface area contributed by atoms with E-state index in [-0.39, 0.29) is 5.41 Å². The van der Waals surface area contributed by atoms with Crippen LogP contribution in [0.2, 0.25) is 0 Å². The molecule has 0 N–H and O–H groups in total. The van der Waals surface area contributed by atoms with Gasteiger partial charge in [-0.3, -0.25) is 0 Å². The number of hydrogen-bond acceptors (Lipinski definition) is 5. The van der Waals surface area contributed by atoms with Crippen molar-refractivity contribution in [1.29, 1.82) is 0 Å². The van der Waals surface area contributed by atoms with Crippen molar-refractivity contribution in [2.45, 2.75) is 39.7 Å². The molecule has 0 radical (unpaired) electrons. The first-order chi connectivity index (χ1) is 8.36. The summed E-state index contributed by atoms with van der Waals surface area (Å²) in [6.45, 7) is 9.46. The maximum atomic E-state index is 4.62. The van der Waals surface area contributed by atoms with Crippen LogP contribution in [0.4, 0.5) is 5.13 Å². The largest absolute Gasteiger partial charge is 0.345 e. The van der Waals surface area contributed by atoms with Gasteiger partial charge in [0.1, 0.15) is 5.82 Å². The van der Waals surface area contributed by atoms with Crippen LogP contribution < -0.4 is 4.90 Å². The summed E-state index contributed by atoms with van der Waals surface area (Å²) in [5.74, 6) is 0.928. The molecule has 0 saturated carbocycles. The smallest absolute Gasteiger partial charge is 0.205 e. The van der Waals surface area contributed by atoms with Crippen LogP contribution >= 0.6 is 22.9 Å². The van der Waals surface area contributed by atoms with E-state index in [0.717, 1.165) is 17.5 Å². The van der Waals surface area contributed by atoms with Gasteiger partial charge in [-0.25, -0.2) is 4.98 Å². The van der Waals surface area contributed by atoms with Gasteiger partial charge in [-0.1, -0.05) is 20.8 Å². The number of thiophene rings is 1. The van der Waals surface area contributed by atoms with E-state index in [1.807, 2.05) is 11.3 Å². The first-order valence-corrected chi connectivity index (χ1v) is 7.56. The average molecular weight is 281 g/mol. The minimum Gasteiger partial charge on any atom is -0.345 e. The molecule has 0 saturated heterocycles. The first-order valence-electron chi connectivity index (χ1n) is 5.97. The first kappa shape index (κ1) is 13.5. The minimum absolute atomic E-state index is 0.0229. The molecule has 0 aliphatic rings. The molecule has 5 heteroatoms. The highest BCUT2D eigenvalue weighted by Crippen LogP contribution is 2.26. The normalized spacial score (nSPS) is 11.8. The third-order valence-corrected chi connectivity index (χ3v) is 4.42. The van der Waals surface area contributed by atoms with E-state index in [1.165, 1.54) is 21.3 Å². The second-order valence-corrected chi connectivity index (χ2v) is 7.62. The van der Waals surface area contributed by atoms with Crippen LogP contribution in [0.15, 0.2) is 12.1 Å². The van der Waals surface area contributed by atoms with Gasteiger partial charge in [0, 0.05) is 33.7 Å². The molecule has 0 aliphatic heterocycles. The highest BCUT2D eigenvalue weighted by Gasteiger charge is 2.20. The summed E-state index contributed by atoms with van der Waals surface area (Å²) in [4.78, 5) is 9.50. The quantitative estimate of drug-likeness (QED) is 0.856. The second-order valence-electron chi connectivity index (χ2n) is 5.52. The standard InChI is InChI=1S/C13H19N3S2/c1-9-6-7-10(17-9)8-16(5)12-14-11(15-18-12)13(2,3)4/h6-7H,8H2,1-5H3. The maximum Gasteiger partial charge on any atom is 0.205 e. The molecule has 2 aromatic heterocycles. The number of aromatic nitrogens is 2. The fraction of sp³-hybridized carbons (Fsp3) is 0.538. The molecular formula is C13H19N3S2. The van der Waals surface area contributed by atoms with Crippen molar-refractivity contribution in [2.75, 3.05) is 11.9 Å². The summed E-state index contributed by atoms with van der Waals surface area (Å²) in [5.41, 5.74) is 0.0229.